The summed E-state index contributed by atoms with van der Waals surface area (Å²) in [4.78, 5) is 0. The molecule has 0 unspecified atom stereocenters. The molecule has 1 fully saturated rings. The van der Waals surface area contributed by atoms with Crippen LogP contribution in [0.1, 0.15) is 43.2 Å². The largest absolute Gasteiger partial charge is 0.374 e. The molecule has 1 aromatic rings. The average Bonchev–Trinajstić information content (AvgIpc) is 2.38. The summed E-state index contributed by atoms with van der Waals surface area (Å²) >= 11 is 0. The van der Waals surface area contributed by atoms with Crippen molar-refractivity contribution in [3.8, 4) is 0 Å². The highest BCUT2D eigenvalue weighted by atomic mass is 16.5. The Kier molecular flexibility index (Phi) is 4.37. The zero-order valence-corrected chi connectivity index (χ0v) is 9.82. The van der Waals surface area contributed by atoms with Crippen LogP contribution in [0.5, 0.6) is 0 Å². The molecule has 0 radical (unpaired) electrons. The average molecular weight is 219 g/mol. The maximum atomic E-state index is 5.93. The van der Waals surface area contributed by atoms with Crippen molar-refractivity contribution in [3.05, 3.63) is 35.4 Å². The van der Waals surface area contributed by atoms with E-state index in [9.17, 15) is 0 Å². The van der Waals surface area contributed by atoms with E-state index in [1.165, 1.54) is 43.2 Å². The zero-order chi connectivity index (χ0) is 11.2. The predicted molar refractivity (Wildman–Crippen MR) is 66.0 cm³/mol. The fraction of sp³-hybridized carbons (Fsp3) is 0.571. The van der Waals surface area contributed by atoms with Crippen LogP contribution < -0.4 is 5.73 Å². The van der Waals surface area contributed by atoms with Crippen molar-refractivity contribution >= 4 is 0 Å². The zero-order valence-electron chi connectivity index (χ0n) is 9.82. The number of nitrogens with two attached hydrogens (primary N) is 1. The molecule has 2 nitrogen and oxygen atoms in total. The van der Waals surface area contributed by atoms with Crippen LogP contribution in [0.2, 0.25) is 0 Å². The minimum Gasteiger partial charge on any atom is -0.374 e. The highest BCUT2D eigenvalue weighted by molar-refractivity contribution is 5.22. The molecule has 16 heavy (non-hydrogen) atoms. The molecule has 1 aliphatic carbocycles. The van der Waals surface area contributed by atoms with E-state index in [1.54, 1.807) is 0 Å². The third-order valence-corrected chi connectivity index (χ3v) is 3.26. The molecular formula is C14H21NO. The highest BCUT2D eigenvalue weighted by Crippen LogP contribution is 2.21. The van der Waals surface area contributed by atoms with Crippen molar-refractivity contribution in [1.82, 2.24) is 0 Å². The fourth-order valence-electron chi connectivity index (χ4n) is 2.29. The molecule has 0 heterocycles. The molecule has 0 bridgehead atoms. The molecule has 0 saturated heterocycles. The maximum absolute atomic E-state index is 5.93. The topological polar surface area (TPSA) is 35.2 Å². The first-order valence-electron chi connectivity index (χ1n) is 6.28. The van der Waals surface area contributed by atoms with Crippen LogP contribution in [0.3, 0.4) is 0 Å². The SMILES string of the molecule is NCc1cccc(COC2CCCCC2)c1. The molecule has 2 N–H and O–H groups in total. The summed E-state index contributed by atoms with van der Waals surface area (Å²) in [7, 11) is 0. The van der Waals surface area contributed by atoms with E-state index < -0.39 is 0 Å². The molecule has 0 aliphatic heterocycles. The second kappa shape index (κ2) is 6.02. The van der Waals surface area contributed by atoms with Gasteiger partial charge in [0.25, 0.3) is 0 Å². The number of ether oxygens (including phenoxy) is 1. The number of hydrogen-bond acceptors (Lipinski definition) is 2. The maximum Gasteiger partial charge on any atom is 0.0720 e. The standard InChI is InChI=1S/C14H21NO/c15-10-12-5-4-6-13(9-12)11-16-14-7-2-1-3-8-14/h4-6,9,14H,1-3,7-8,10-11,15H2. The molecule has 2 rings (SSSR count). The van der Waals surface area contributed by atoms with E-state index in [-0.39, 0.29) is 0 Å². The fourth-order valence-corrected chi connectivity index (χ4v) is 2.29. The minimum absolute atomic E-state index is 0.482. The third kappa shape index (κ3) is 3.32. The van der Waals surface area contributed by atoms with Crippen molar-refractivity contribution in [3.63, 3.8) is 0 Å². The number of hydrogen-bond donors (Lipinski definition) is 1. The summed E-state index contributed by atoms with van der Waals surface area (Å²) in [6.45, 7) is 1.34. The first-order valence-corrected chi connectivity index (χ1v) is 6.28. The van der Waals surface area contributed by atoms with Crippen LogP contribution in [0.4, 0.5) is 0 Å². The molecule has 1 aliphatic rings. The lowest BCUT2D eigenvalue weighted by Crippen LogP contribution is -2.16. The van der Waals surface area contributed by atoms with Crippen LogP contribution in [-0.4, -0.2) is 6.10 Å². The van der Waals surface area contributed by atoms with Gasteiger partial charge in [-0.25, -0.2) is 0 Å². The lowest BCUT2D eigenvalue weighted by atomic mass is 9.98. The predicted octanol–water partition coefficient (Wildman–Crippen LogP) is 2.99. The quantitative estimate of drug-likeness (QED) is 0.845. The summed E-state index contributed by atoms with van der Waals surface area (Å²) in [5.74, 6) is 0. The van der Waals surface area contributed by atoms with Gasteiger partial charge < -0.3 is 10.5 Å². The van der Waals surface area contributed by atoms with Crippen LogP contribution in [-0.2, 0) is 17.9 Å². The van der Waals surface area contributed by atoms with Crippen molar-refractivity contribution < 1.29 is 4.74 Å². The first-order chi connectivity index (χ1) is 7.88. The second-order valence-corrected chi connectivity index (χ2v) is 4.60. The monoisotopic (exact) mass is 219 g/mol. The first kappa shape index (κ1) is 11.6. The lowest BCUT2D eigenvalue weighted by Gasteiger charge is -2.22. The van der Waals surface area contributed by atoms with Crippen molar-refractivity contribution in [2.45, 2.75) is 51.4 Å². The Morgan fingerprint density at radius 1 is 1.12 bits per heavy atom. The van der Waals surface area contributed by atoms with E-state index in [2.05, 4.69) is 24.3 Å². The molecule has 0 aromatic heterocycles. The third-order valence-electron chi connectivity index (χ3n) is 3.26. The van der Waals surface area contributed by atoms with Crippen molar-refractivity contribution in [1.29, 1.82) is 0 Å². The van der Waals surface area contributed by atoms with Gasteiger partial charge >= 0.3 is 0 Å². The minimum atomic E-state index is 0.482. The van der Waals surface area contributed by atoms with Crippen molar-refractivity contribution in [2.24, 2.45) is 5.73 Å². The van der Waals surface area contributed by atoms with Gasteiger partial charge in [0.1, 0.15) is 0 Å². The Morgan fingerprint density at radius 2 is 1.88 bits per heavy atom. The summed E-state index contributed by atoms with van der Waals surface area (Å²) in [6, 6.07) is 8.37. The smallest absolute Gasteiger partial charge is 0.0720 e. The van der Waals surface area contributed by atoms with Crippen molar-refractivity contribution in [2.75, 3.05) is 0 Å². The molecule has 1 saturated carbocycles. The highest BCUT2D eigenvalue weighted by Gasteiger charge is 2.13. The summed E-state index contributed by atoms with van der Waals surface area (Å²) in [5, 5.41) is 0. The molecular weight excluding hydrogens is 198 g/mol. The number of rotatable bonds is 4. The molecule has 0 spiro atoms. The molecule has 1 aromatic carbocycles. The molecule has 0 atom stereocenters. The van der Waals surface area contributed by atoms with Gasteiger partial charge in [-0.2, -0.15) is 0 Å². The van der Waals surface area contributed by atoms with Gasteiger partial charge in [-0.05, 0) is 24.0 Å². The van der Waals surface area contributed by atoms with Gasteiger partial charge in [0, 0.05) is 6.54 Å². The second-order valence-electron chi connectivity index (χ2n) is 4.60. The van der Waals surface area contributed by atoms with Gasteiger partial charge in [-0.15, -0.1) is 0 Å². The van der Waals surface area contributed by atoms with Crippen LogP contribution in [0.15, 0.2) is 24.3 Å². The van der Waals surface area contributed by atoms with E-state index in [4.69, 9.17) is 10.5 Å². The summed E-state index contributed by atoms with van der Waals surface area (Å²) in [6.07, 6.45) is 6.98. The summed E-state index contributed by atoms with van der Waals surface area (Å²) < 4.78 is 5.93. The Hall–Kier alpha value is -0.860. The van der Waals surface area contributed by atoms with E-state index >= 15 is 0 Å². The van der Waals surface area contributed by atoms with Gasteiger partial charge in [0.05, 0.1) is 12.7 Å². The lowest BCUT2D eigenvalue weighted by molar-refractivity contribution is 0.0168. The summed E-state index contributed by atoms with van der Waals surface area (Å²) in [5.41, 5.74) is 8.05. The van der Waals surface area contributed by atoms with Gasteiger partial charge in [0.2, 0.25) is 0 Å². The Balaban J connectivity index is 1.83. The van der Waals surface area contributed by atoms with Gasteiger partial charge in [-0.3, -0.25) is 0 Å². The Morgan fingerprint density at radius 3 is 2.62 bits per heavy atom. The van der Waals surface area contributed by atoms with Crippen LogP contribution in [0, 0.1) is 0 Å². The molecule has 0 amide bonds. The van der Waals surface area contributed by atoms with E-state index in [0.29, 0.717) is 12.6 Å². The Bertz CT molecular complexity index is 318. The van der Waals surface area contributed by atoms with E-state index in [0.717, 1.165) is 6.61 Å². The van der Waals surface area contributed by atoms with Crippen LogP contribution in [0.25, 0.3) is 0 Å². The van der Waals surface area contributed by atoms with E-state index in [1.807, 2.05) is 0 Å². The van der Waals surface area contributed by atoms with Gasteiger partial charge in [-0.1, -0.05) is 43.5 Å². The molecule has 88 valence electrons. The number of benzene rings is 1. The normalized spacial score (nSPS) is 17.6. The van der Waals surface area contributed by atoms with Crippen LogP contribution >= 0.6 is 0 Å². The van der Waals surface area contributed by atoms with Gasteiger partial charge in [0.15, 0.2) is 0 Å². The Labute approximate surface area is 97.8 Å². The molecule has 2 heteroatoms.